The van der Waals surface area contributed by atoms with Gasteiger partial charge in [0.25, 0.3) is 0 Å². The molecule has 2 aromatic rings. The highest BCUT2D eigenvalue weighted by atomic mass is 19.4. The molecule has 7 heteroatoms. The van der Waals surface area contributed by atoms with Crippen molar-refractivity contribution in [1.82, 2.24) is 20.5 Å². The van der Waals surface area contributed by atoms with E-state index in [-0.39, 0.29) is 6.04 Å². The maximum absolute atomic E-state index is 12.5. The summed E-state index contributed by atoms with van der Waals surface area (Å²) in [7, 11) is 0. The lowest BCUT2D eigenvalue weighted by atomic mass is 10.1. The van der Waals surface area contributed by atoms with Gasteiger partial charge in [0.2, 0.25) is 0 Å². The fourth-order valence-corrected chi connectivity index (χ4v) is 2.00. The minimum Gasteiger partial charge on any atom is -0.310 e. The van der Waals surface area contributed by atoms with Crippen LogP contribution in [0.4, 0.5) is 13.2 Å². The highest BCUT2D eigenvalue weighted by Crippen LogP contribution is 2.29. The topological polar surface area (TPSA) is 53.6 Å². The van der Waals surface area contributed by atoms with E-state index in [1.807, 2.05) is 6.92 Å². The minimum atomic E-state index is -4.29. The number of aromatic nitrogens is 3. The first-order valence-corrected chi connectivity index (χ1v) is 6.71. The smallest absolute Gasteiger partial charge is 0.310 e. The normalized spacial score (nSPS) is 13.3. The van der Waals surface area contributed by atoms with E-state index in [0.29, 0.717) is 0 Å². The van der Waals surface area contributed by atoms with Crippen molar-refractivity contribution in [3.63, 3.8) is 0 Å². The standard InChI is InChI=1S/C14H17F3N4/c1-10(18-8-2-3-13-19-9-20-21-13)11-4-6-12(7-5-11)14(15,16)17/h4-7,9-10,18H,2-3,8H2,1H3,(H,19,20,21). The highest BCUT2D eigenvalue weighted by molar-refractivity contribution is 5.26. The largest absolute Gasteiger partial charge is 0.416 e. The second kappa shape index (κ2) is 6.71. The van der Waals surface area contributed by atoms with Crippen molar-refractivity contribution in [3.8, 4) is 0 Å². The van der Waals surface area contributed by atoms with Gasteiger partial charge in [-0.3, -0.25) is 5.10 Å². The van der Waals surface area contributed by atoms with E-state index < -0.39 is 11.7 Å². The third-order valence-electron chi connectivity index (χ3n) is 3.24. The van der Waals surface area contributed by atoms with Crippen molar-refractivity contribution in [1.29, 1.82) is 0 Å². The second-order valence-corrected chi connectivity index (χ2v) is 4.83. The molecule has 0 fully saturated rings. The van der Waals surface area contributed by atoms with Crippen LogP contribution >= 0.6 is 0 Å². The molecule has 0 radical (unpaired) electrons. The number of alkyl halides is 3. The van der Waals surface area contributed by atoms with E-state index in [1.165, 1.54) is 18.5 Å². The molecular weight excluding hydrogens is 281 g/mol. The average Bonchev–Trinajstić information content (AvgIpc) is 2.96. The molecule has 0 saturated heterocycles. The zero-order valence-corrected chi connectivity index (χ0v) is 11.6. The number of rotatable bonds is 6. The van der Waals surface area contributed by atoms with Gasteiger partial charge in [-0.2, -0.15) is 18.3 Å². The van der Waals surface area contributed by atoms with E-state index in [9.17, 15) is 13.2 Å². The first-order valence-electron chi connectivity index (χ1n) is 6.71. The van der Waals surface area contributed by atoms with Gasteiger partial charge < -0.3 is 5.32 Å². The molecular formula is C14H17F3N4. The predicted octanol–water partition coefficient (Wildman–Crippen LogP) is 3.11. The van der Waals surface area contributed by atoms with Crippen LogP contribution in [0.15, 0.2) is 30.6 Å². The first kappa shape index (κ1) is 15.5. The Hall–Kier alpha value is -1.89. The lowest BCUT2D eigenvalue weighted by Crippen LogP contribution is -2.20. The summed E-state index contributed by atoms with van der Waals surface area (Å²) < 4.78 is 37.4. The Bertz CT molecular complexity index is 534. The number of benzene rings is 1. The van der Waals surface area contributed by atoms with Gasteiger partial charge in [0.15, 0.2) is 0 Å². The van der Waals surface area contributed by atoms with Crippen molar-refractivity contribution in [2.24, 2.45) is 0 Å². The zero-order valence-electron chi connectivity index (χ0n) is 11.6. The van der Waals surface area contributed by atoms with E-state index >= 15 is 0 Å². The number of nitrogens with zero attached hydrogens (tertiary/aromatic N) is 2. The lowest BCUT2D eigenvalue weighted by molar-refractivity contribution is -0.137. The van der Waals surface area contributed by atoms with Crippen LogP contribution in [0.1, 0.15) is 36.3 Å². The van der Waals surface area contributed by atoms with Crippen molar-refractivity contribution >= 4 is 0 Å². The first-order chi connectivity index (χ1) is 9.97. The van der Waals surface area contributed by atoms with Gasteiger partial charge in [-0.15, -0.1) is 0 Å². The number of hydrogen-bond donors (Lipinski definition) is 2. The van der Waals surface area contributed by atoms with E-state index in [0.717, 1.165) is 42.9 Å². The molecule has 21 heavy (non-hydrogen) atoms. The molecule has 114 valence electrons. The SMILES string of the molecule is CC(NCCCc1ncn[nH]1)c1ccc(C(F)(F)F)cc1. The van der Waals surface area contributed by atoms with Gasteiger partial charge in [-0.1, -0.05) is 12.1 Å². The molecule has 1 aromatic heterocycles. The number of H-pyrrole nitrogens is 1. The summed E-state index contributed by atoms with van der Waals surface area (Å²) in [5, 5.41) is 9.82. The third kappa shape index (κ3) is 4.56. The Morgan fingerprint density at radius 1 is 1.24 bits per heavy atom. The summed E-state index contributed by atoms with van der Waals surface area (Å²) in [5.74, 6) is 0.832. The summed E-state index contributed by atoms with van der Waals surface area (Å²) in [4.78, 5) is 4.02. The van der Waals surface area contributed by atoms with Crippen molar-refractivity contribution in [2.45, 2.75) is 32.0 Å². The summed E-state index contributed by atoms with van der Waals surface area (Å²) in [6.45, 7) is 2.68. The zero-order chi connectivity index (χ0) is 15.3. The van der Waals surface area contributed by atoms with Gasteiger partial charge in [-0.05, 0) is 37.6 Å². The Balaban J connectivity index is 1.79. The number of aromatic amines is 1. The highest BCUT2D eigenvalue weighted by Gasteiger charge is 2.30. The summed E-state index contributed by atoms with van der Waals surface area (Å²) in [5.41, 5.74) is 0.214. The molecule has 1 heterocycles. The van der Waals surface area contributed by atoms with Crippen molar-refractivity contribution in [3.05, 3.63) is 47.5 Å². The van der Waals surface area contributed by atoms with Crippen LogP contribution in [-0.2, 0) is 12.6 Å². The molecule has 0 bridgehead atoms. The monoisotopic (exact) mass is 298 g/mol. The second-order valence-electron chi connectivity index (χ2n) is 4.83. The number of hydrogen-bond acceptors (Lipinski definition) is 3. The lowest BCUT2D eigenvalue weighted by Gasteiger charge is -2.15. The quantitative estimate of drug-likeness (QED) is 0.806. The molecule has 1 atom stereocenters. The Morgan fingerprint density at radius 3 is 2.52 bits per heavy atom. The van der Waals surface area contributed by atoms with Gasteiger partial charge >= 0.3 is 6.18 Å². The van der Waals surface area contributed by atoms with Crippen LogP contribution in [0.25, 0.3) is 0 Å². The van der Waals surface area contributed by atoms with Crippen LogP contribution in [0, 0.1) is 0 Å². The van der Waals surface area contributed by atoms with E-state index in [1.54, 1.807) is 0 Å². The number of nitrogens with one attached hydrogen (secondary N) is 2. The molecule has 0 saturated carbocycles. The van der Waals surface area contributed by atoms with Crippen LogP contribution < -0.4 is 5.32 Å². The van der Waals surface area contributed by atoms with Crippen LogP contribution in [0.5, 0.6) is 0 Å². The van der Waals surface area contributed by atoms with Gasteiger partial charge in [0.1, 0.15) is 12.2 Å². The molecule has 2 N–H and O–H groups in total. The number of halogens is 3. The number of aryl methyl sites for hydroxylation is 1. The molecule has 0 aliphatic rings. The van der Waals surface area contributed by atoms with Crippen molar-refractivity contribution < 1.29 is 13.2 Å². The predicted molar refractivity (Wildman–Crippen MR) is 72.6 cm³/mol. The fourth-order valence-electron chi connectivity index (χ4n) is 2.00. The van der Waals surface area contributed by atoms with Gasteiger partial charge in [0, 0.05) is 12.5 Å². The Morgan fingerprint density at radius 2 is 1.95 bits per heavy atom. The fraction of sp³-hybridized carbons (Fsp3) is 0.429. The molecule has 0 amide bonds. The van der Waals surface area contributed by atoms with Crippen LogP contribution in [0.2, 0.25) is 0 Å². The molecule has 1 unspecified atom stereocenters. The van der Waals surface area contributed by atoms with E-state index in [4.69, 9.17) is 0 Å². The van der Waals surface area contributed by atoms with Crippen LogP contribution in [0.3, 0.4) is 0 Å². The van der Waals surface area contributed by atoms with E-state index in [2.05, 4.69) is 20.5 Å². The van der Waals surface area contributed by atoms with Crippen molar-refractivity contribution in [2.75, 3.05) is 6.54 Å². The molecule has 2 rings (SSSR count). The third-order valence-corrected chi connectivity index (χ3v) is 3.24. The van der Waals surface area contributed by atoms with Crippen LogP contribution in [-0.4, -0.2) is 21.7 Å². The molecule has 0 aliphatic heterocycles. The molecule has 0 spiro atoms. The van der Waals surface area contributed by atoms with Gasteiger partial charge in [0.05, 0.1) is 5.56 Å². The summed E-state index contributed by atoms with van der Waals surface area (Å²) in [6.07, 6.45) is -1.16. The minimum absolute atomic E-state index is 0.00186. The van der Waals surface area contributed by atoms with Gasteiger partial charge in [-0.25, -0.2) is 4.98 Å². The summed E-state index contributed by atoms with van der Waals surface area (Å²) in [6, 6.07) is 5.25. The average molecular weight is 298 g/mol. The maximum atomic E-state index is 12.5. The molecule has 1 aromatic carbocycles. The maximum Gasteiger partial charge on any atom is 0.416 e. The Labute approximate surface area is 120 Å². The molecule has 0 aliphatic carbocycles. The summed E-state index contributed by atoms with van der Waals surface area (Å²) >= 11 is 0. The Kier molecular flexibility index (Phi) is 4.95. The molecule has 4 nitrogen and oxygen atoms in total.